The fourth-order valence-corrected chi connectivity index (χ4v) is 3.65. The van der Waals surface area contributed by atoms with Crippen molar-refractivity contribution in [1.82, 2.24) is 0 Å². The number of rotatable bonds is 20. The molecular formula is C29H55Na2O8PS. The molecule has 0 aliphatic rings. The largest absolute Gasteiger partial charge is 1.00 e. The van der Waals surface area contributed by atoms with E-state index in [0.29, 0.717) is 6.42 Å². The second-order valence-electron chi connectivity index (χ2n) is 8.57. The molecule has 0 aromatic carbocycles. The van der Waals surface area contributed by atoms with Crippen LogP contribution in [0.2, 0.25) is 0 Å². The van der Waals surface area contributed by atoms with Gasteiger partial charge >= 0.3 is 71.1 Å². The minimum Gasteiger partial charge on any atom is -0.790 e. The third-order valence-electron chi connectivity index (χ3n) is 5.20. The van der Waals surface area contributed by atoms with E-state index in [9.17, 15) is 23.9 Å². The van der Waals surface area contributed by atoms with Crippen LogP contribution in [-0.4, -0.2) is 31.3 Å². The normalized spacial score (nSPS) is 9.95. The fourth-order valence-electron chi connectivity index (χ4n) is 3.30. The minimum atomic E-state index is -5.30. The number of ether oxygens (including phenoxy) is 2. The summed E-state index contributed by atoms with van der Waals surface area (Å²) in [4.78, 5) is 45.4. The zero-order valence-electron chi connectivity index (χ0n) is 25.1. The Hall–Kier alpha value is -0.360. The summed E-state index contributed by atoms with van der Waals surface area (Å²) >= 11 is 0. The van der Waals surface area contributed by atoms with Crippen molar-refractivity contribution in [2.24, 2.45) is 0 Å². The van der Waals surface area contributed by atoms with Crippen molar-refractivity contribution in [2.45, 2.75) is 110 Å². The van der Waals surface area contributed by atoms with Gasteiger partial charge < -0.3 is 28.3 Å². The molecule has 0 heterocycles. The van der Waals surface area contributed by atoms with Gasteiger partial charge in [-0.1, -0.05) is 89.9 Å². The molecule has 0 aliphatic heterocycles. The van der Waals surface area contributed by atoms with E-state index in [0.717, 1.165) is 19.3 Å². The van der Waals surface area contributed by atoms with Gasteiger partial charge in [0.15, 0.2) is 6.10 Å². The molecule has 0 N–H and O–H groups in total. The Morgan fingerprint density at radius 3 is 1.71 bits per heavy atom. The Labute approximate surface area is 308 Å². The van der Waals surface area contributed by atoms with Gasteiger partial charge in [0.2, 0.25) is 0 Å². The van der Waals surface area contributed by atoms with E-state index in [1.807, 2.05) is 0 Å². The predicted molar refractivity (Wildman–Crippen MR) is 167 cm³/mol. The summed E-state index contributed by atoms with van der Waals surface area (Å²) in [6, 6.07) is 0. The number of carbonyl (C=O) groups excluding carboxylic acids is 2. The molecule has 0 amide bonds. The zero-order chi connectivity index (χ0) is 28.3. The summed E-state index contributed by atoms with van der Waals surface area (Å²) in [5, 5.41) is 0. The maximum atomic E-state index is 12.1. The molecule has 0 radical (unpaired) electrons. The van der Waals surface area contributed by atoms with Crippen LogP contribution >= 0.6 is 21.3 Å². The number of carbonyl (C=O) groups is 2. The molecule has 12 heteroatoms. The second kappa shape index (κ2) is 34.1. The first-order valence-corrected chi connectivity index (χ1v) is 14.7. The van der Waals surface area contributed by atoms with Gasteiger partial charge in [-0.3, -0.25) is 4.79 Å². The molecule has 0 saturated heterocycles. The van der Waals surface area contributed by atoms with Gasteiger partial charge in [-0.05, 0) is 48.9 Å². The van der Waals surface area contributed by atoms with Crippen LogP contribution in [0.25, 0.3) is 0 Å². The van der Waals surface area contributed by atoms with Crippen molar-refractivity contribution in [3.63, 3.8) is 0 Å². The number of esters is 2. The van der Waals surface area contributed by atoms with Crippen LogP contribution in [-0.2, 0) is 28.2 Å². The molecule has 0 aromatic rings. The Morgan fingerprint density at radius 1 is 0.756 bits per heavy atom. The number of hydrogen-bond donors (Lipinski definition) is 0. The number of hydrogen-bond acceptors (Lipinski definition) is 8. The standard InChI is InChI=1S/C29H41O8P.2Na.H2S.7H2/c1-3-5-7-9-11-12-13-14-15-16-18-20-22-24-29(31)37-27(26-36-38(32,33)34)25-35-28(30)23-21-19-17-10-8-6-4-2;;;;;;;;;;/h27H,3,5,7,9,11-16,18,20,22,24-26H2,1-2H3,(H2,32,33,34);;;1H2;7*1H/q;2*+1;;;;;;;;/p-2/t27-;;;;;;;;;;/m0........../s1. The molecule has 0 aliphatic carbocycles. The minimum absolute atomic E-state index is 0. The van der Waals surface area contributed by atoms with Gasteiger partial charge in [0.25, 0.3) is 0 Å². The SMILES string of the molecule is CC#CC#CC#CC#CC(=O)OC[C@@H](COP(=O)([O-])[O-])OC(=O)CCCCCCCCCCCCCCC.S.[HH].[HH].[HH].[HH].[HH].[HH].[HH].[Na+].[Na+]. The first kappa shape index (κ1) is 47.6. The number of phosphoric ester groups is 1. The molecule has 1 atom stereocenters. The van der Waals surface area contributed by atoms with Crippen LogP contribution in [0, 0.1) is 47.4 Å². The van der Waals surface area contributed by atoms with Crippen molar-refractivity contribution >= 4 is 33.3 Å². The van der Waals surface area contributed by atoms with Crippen LogP contribution in [0.15, 0.2) is 0 Å². The fraction of sp³-hybridized carbons (Fsp3) is 0.655. The van der Waals surface area contributed by atoms with Crippen LogP contribution in [0.1, 0.15) is 114 Å². The molecule has 0 unspecified atom stereocenters. The molecule has 0 spiro atoms. The van der Waals surface area contributed by atoms with Gasteiger partial charge in [-0.2, -0.15) is 13.5 Å². The van der Waals surface area contributed by atoms with Crippen molar-refractivity contribution in [2.75, 3.05) is 13.2 Å². The zero-order valence-corrected chi connectivity index (χ0v) is 31.0. The topological polar surface area (TPSA) is 125 Å². The molecule has 0 fully saturated rings. The second-order valence-corrected chi connectivity index (χ2v) is 9.72. The Kier molecular flexibility index (Phi) is 39.6. The summed E-state index contributed by atoms with van der Waals surface area (Å²) in [6.45, 7) is 2.56. The molecule has 41 heavy (non-hydrogen) atoms. The molecule has 232 valence electrons. The summed E-state index contributed by atoms with van der Waals surface area (Å²) in [5.74, 6) is 17.3. The number of phosphoric acid groups is 1. The molecular weight excluding hydrogens is 585 g/mol. The van der Waals surface area contributed by atoms with Crippen molar-refractivity contribution in [1.29, 1.82) is 0 Å². The third-order valence-corrected chi connectivity index (χ3v) is 5.67. The van der Waals surface area contributed by atoms with E-state index in [2.05, 4.69) is 58.8 Å². The van der Waals surface area contributed by atoms with Crippen molar-refractivity contribution < 1.29 is 107 Å². The van der Waals surface area contributed by atoms with Crippen LogP contribution in [0.5, 0.6) is 0 Å². The average Bonchev–Trinajstić information content (AvgIpc) is 2.87. The Bertz CT molecular complexity index is 1020. The third kappa shape index (κ3) is 37.6. The van der Waals surface area contributed by atoms with Gasteiger partial charge in [0.1, 0.15) is 6.61 Å². The van der Waals surface area contributed by atoms with E-state index in [1.165, 1.54) is 57.8 Å². The molecule has 0 rings (SSSR count). The molecule has 0 saturated carbocycles. The molecule has 8 nitrogen and oxygen atoms in total. The summed E-state index contributed by atoms with van der Waals surface area (Å²) in [7, 11) is -5.30. The van der Waals surface area contributed by atoms with E-state index in [-0.39, 0.29) is 89.0 Å². The van der Waals surface area contributed by atoms with E-state index in [1.54, 1.807) is 6.92 Å². The summed E-state index contributed by atoms with van der Waals surface area (Å²) in [6.07, 6.45) is 14.1. The van der Waals surface area contributed by atoms with Crippen LogP contribution in [0.4, 0.5) is 0 Å². The number of unbranched alkanes of at least 4 members (excludes halogenated alkanes) is 12. The van der Waals surface area contributed by atoms with E-state index < -0.39 is 39.1 Å². The first-order chi connectivity index (χ1) is 18.3. The Balaban J connectivity index is -0.000000152. The Morgan fingerprint density at radius 2 is 1.22 bits per heavy atom. The summed E-state index contributed by atoms with van der Waals surface area (Å²) in [5.41, 5.74) is 0. The maximum Gasteiger partial charge on any atom is 1.00 e. The van der Waals surface area contributed by atoms with Crippen LogP contribution < -0.4 is 68.9 Å². The van der Waals surface area contributed by atoms with E-state index >= 15 is 0 Å². The van der Waals surface area contributed by atoms with Crippen LogP contribution in [0.3, 0.4) is 0 Å². The smallest absolute Gasteiger partial charge is 0.790 e. The summed E-state index contributed by atoms with van der Waals surface area (Å²) < 4.78 is 24.9. The van der Waals surface area contributed by atoms with Crippen molar-refractivity contribution in [3.8, 4) is 47.4 Å². The first-order valence-electron chi connectivity index (χ1n) is 13.2. The predicted octanol–water partition coefficient (Wildman–Crippen LogP) is -0.356. The van der Waals surface area contributed by atoms with Crippen molar-refractivity contribution in [3.05, 3.63) is 0 Å². The van der Waals surface area contributed by atoms with Gasteiger partial charge in [0.05, 0.1) is 14.4 Å². The molecule has 0 aromatic heterocycles. The van der Waals surface area contributed by atoms with Gasteiger partial charge in [-0.15, -0.1) is 0 Å². The van der Waals surface area contributed by atoms with Gasteiger partial charge in [-0.25, -0.2) is 4.79 Å². The van der Waals surface area contributed by atoms with Gasteiger partial charge in [0, 0.05) is 22.3 Å². The quantitative estimate of drug-likeness (QED) is 0.0442. The maximum absolute atomic E-state index is 12.1. The molecule has 0 bridgehead atoms. The monoisotopic (exact) mass is 640 g/mol. The van der Waals surface area contributed by atoms with E-state index in [4.69, 9.17) is 9.47 Å². The average molecular weight is 641 g/mol.